The van der Waals surface area contributed by atoms with E-state index in [9.17, 15) is 4.79 Å². The molecule has 2 atom stereocenters. The third-order valence-corrected chi connectivity index (χ3v) is 6.38. The first kappa shape index (κ1) is 17.7. The van der Waals surface area contributed by atoms with Crippen LogP contribution in [0.1, 0.15) is 23.5 Å². The summed E-state index contributed by atoms with van der Waals surface area (Å²) in [6.45, 7) is 4.80. The quantitative estimate of drug-likeness (QED) is 0.742. The fraction of sp³-hybridized carbons (Fsp3) is 0.409. The molecular weight excluding hydrogens is 388 g/mol. The summed E-state index contributed by atoms with van der Waals surface area (Å²) in [6, 6.07) is 18.9. The van der Waals surface area contributed by atoms with Crippen molar-refractivity contribution in [1.29, 1.82) is 0 Å². The molecule has 2 fully saturated rings. The van der Waals surface area contributed by atoms with Gasteiger partial charge in [-0.15, -0.1) is 0 Å². The summed E-state index contributed by atoms with van der Waals surface area (Å²) in [6.07, 6.45) is 2.08. The van der Waals surface area contributed by atoms with Gasteiger partial charge in [-0.25, -0.2) is 0 Å². The second-order valence-electron chi connectivity index (χ2n) is 7.37. The molecule has 0 unspecified atom stereocenters. The zero-order chi connectivity index (χ0) is 17.9. The minimum absolute atomic E-state index is 0.185. The minimum Gasteiger partial charge on any atom is -0.340 e. The Hall–Kier alpha value is -1.65. The Bertz CT molecular complexity index is 756. The fourth-order valence-electron chi connectivity index (χ4n) is 3.95. The van der Waals surface area contributed by atoms with Gasteiger partial charge in [-0.2, -0.15) is 0 Å². The molecule has 26 heavy (non-hydrogen) atoms. The number of halogens is 1. The average molecular weight is 413 g/mol. The lowest BCUT2D eigenvalue weighted by Gasteiger charge is -2.35. The molecule has 0 bridgehead atoms. The molecule has 0 aromatic heterocycles. The zero-order valence-corrected chi connectivity index (χ0v) is 16.6. The molecule has 1 amide bonds. The van der Waals surface area contributed by atoms with Gasteiger partial charge in [0.2, 0.25) is 5.91 Å². The van der Waals surface area contributed by atoms with E-state index in [2.05, 4.69) is 74.3 Å². The van der Waals surface area contributed by atoms with Crippen LogP contribution in [-0.2, 0) is 11.2 Å². The van der Waals surface area contributed by atoms with Crippen LogP contribution in [0.5, 0.6) is 0 Å². The van der Waals surface area contributed by atoms with E-state index in [0.29, 0.717) is 11.8 Å². The molecule has 0 spiro atoms. The second kappa shape index (κ2) is 7.93. The van der Waals surface area contributed by atoms with Crippen molar-refractivity contribution in [3.63, 3.8) is 0 Å². The predicted octanol–water partition coefficient (Wildman–Crippen LogP) is 3.94. The smallest absolute Gasteiger partial charge is 0.226 e. The van der Waals surface area contributed by atoms with Crippen LogP contribution in [0.4, 0.5) is 0 Å². The van der Waals surface area contributed by atoms with E-state index < -0.39 is 0 Å². The topological polar surface area (TPSA) is 23.6 Å². The number of carbonyl (C=O) groups is 1. The highest BCUT2D eigenvalue weighted by Gasteiger charge is 2.46. The van der Waals surface area contributed by atoms with Crippen molar-refractivity contribution in [2.75, 3.05) is 32.7 Å². The first-order valence-electron chi connectivity index (χ1n) is 9.52. The largest absolute Gasteiger partial charge is 0.340 e. The monoisotopic (exact) mass is 412 g/mol. The molecule has 4 rings (SSSR count). The van der Waals surface area contributed by atoms with Crippen LogP contribution in [0.2, 0.25) is 0 Å². The van der Waals surface area contributed by atoms with Gasteiger partial charge in [0.05, 0.1) is 0 Å². The van der Waals surface area contributed by atoms with E-state index in [1.54, 1.807) is 0 Å². The molecule has 1 saturated heterocycles. The van der Waals surface area contributed by atoms with Crippen molar-refractivity contribution in [3.05, 3.63) is 70.2 Å². The maximum absolute atomic E-state index is 12.8. The molecular formula is C22H25BrN2O. The normalized spacial score (nSPS) is 23.0. The van der Waals surface area contributed by atoms with Crippen LogP contribution in [-0.4, -0.2) is 48.4 Å². The van der Waals surface area contributed by atoms with Gasteiger partial charge in [0.15, 0.2) is 0 Å². The van der Waals surface area contributed by atoms with Gasteiger partial charge >= 0.3 is 0 Å². The first-order valence-corrected chi connectivity index (χ1v) is 10.3. The summed E-state index contributed by atoms with van der Waals surface area (Å²) in [4.78, 5) is 17.4. The lowest BCUT2D eigenvalue weighted by molar-refractivity contribution is -0.134. The molecule has 2 aliphatic rings. The Morgan fingerprint density at radius 3 is 2.38 bits per heavy atom. The highest BCUT2D eigenvalue weighted by atomic mass is 79.9. The maximum Gasteiger partial charge on any atom is 0.226 e. The van der Waals surface area contributed by atoms with Gasteiger partial charge < -0.3 is 4.90 Å². The van der Waals surface area contributed by atoms with Crippen molar-refractivity contribution in [2.24, 2.45) is 5.92 Å². The number of hydrogen-bond donors (Lipinski definition) is 0. The lowest BCUT2D eigenvalue weighted by Crippen LogP contribution is -2.49. The van der Waals surface area contributed by atoms with Gasteiger partial charge in [-0.05, 0) is 36.0 Å². The second-order valence-corrected chi connectivity index (χ2v) is 8.23. The molecule has 1 saturated carbocycles. The Balaban J connectivity index is 1.25. The van der Waals surface area contributed by atoms with E-state index in [1.165, 1.54) is 11.1 Å². The van der Waals surface area contributed by atoms with Crippen molar-refractivity contribution in [1.82, 2.24) is 9.80 Å². The first-order chi connectivity index (χ1) is 12.7. The SMILES string of the molecule is O=C([C@@H]1C[C@@H]1c1ccccc1Br)N1CCN(CCc2ccccc2)CC1. The van der Waals surface area contributed by atoms with Crippen molar-refractivity contribution < 1.29 is 4.79 Å². The summed E-state index contributed by atoms with van der Waals surface area (Å²) < 4.78 is 1.13. The van der Waals surface area contributed by atoms with Crippen LogP contribution < -0.4 is 0 Å². The highest BCUT2D eigenvalue weighted by Crippen LogP contribution is 2.50. The number of amides is 1. The van der Waals surface area contributed by atoms with Crippen LogP contribution in [0.3, 0.4) is 0 Å². The number of nitrogens with zero attached hydrogens (tertiary/aromatic N) is 2. The molecule has 4 heteroatoms. The summed E-state index contributed by atoms with van der Waals surface area (Å²) in [7, 11) is 0. The van der Waals surface area contributed by atoms with E-state index in [0.717, 1.165) is 50.0 Å². The lowest BCUT2D eigenvalue weighted by atomic mass is 10.1. The third kappa shape index (κ3) is 4.02. The van der Waals surface area contributed by atoms with E-state index in [4.69, 9.17) is 0 Å². The Kier molecular flexibility index (Phi) is 5.41. The van der Waals surface area contributed by atoms with Crippen molar-refractivity contribution >= 4 is 21.8 Å². The molecule has 1 aliphatic heterocycles. The van der Waals surface area contributed by atoms with E-state index in [-0.39, 0.29) is 5.92 Å². The van der Waals surface area contributed by atoms with Crippen LogP contribution in [0, 0.1) is 5.92 Å². The number of rotatable bonds is 5. The Labute approximate surface area is 164 Å². The molecule has 0 N–H and O–H groups in total. The number of benzene rings is 2. The number of carbonyl (C=O) groups excluding carboxylic acids is 1. The average Bonchev–Trinajstić information content (AvgIpc) is 3.48. The molecule has 2 aromatic carbocycles. The van der Waals surface area contributed by atoms with Crippen LogP contribution >= 0.6 is 15.9 Å². The number of piperazine rings is 1. The van der Waals surface area contributed by atoms with E-state index >= 15 is 0 Å². The molecule has 2 aromatic rings. The van der Waals surface area contributed by atoms with Crippen LogP contribution in [0.25, 0.3) is 0 Å². The fourth-order valence-corrected chi connectivity index (χ4v) is 4.52. The summed E-state index contributed by atoms with van der Waals surface area (Å²) >= 11 is 3.62. The van der Waals surface area contributed by atoms with Crippen molar-refractivity contribution in [3.8, 4) is 0 Å². The van der Waals surface area contributed by atoms with Gasteiger partial charge in [-0.3, -0.25) is 9.69 Å². The maximum atomic E-state index is 12.8. The highest BCUT2D eigenvalue weighted by molar-refractivity contribution is 9.10. The predicted molar refractivity (Wildman–Crippen MR) is 108 cm³/mol. The minimum atomic E-state index is 0.185. The summed E-state index contributed by atoms with van der Waals surface area (Å²) in [5.74, 6) is 0.937. The standard InChI is InChI=1S/C22H25BrN2O/c23-21-9-5-4-8-18(21)19-16-20(19)22(26)25-14-12-24(13-15-25)11-10-17-6-2-1-3-7-17/h1-9,19-20H,10-16H2/t19-,20-/m1/s1. The summed E-state index contributed by atoms with van der Waals surface area (Å²) in [5, 5.41) is 0. The van der Waals surface area contributed by atoms with Crippen molar-refractivity contribution in [2.45, 2.75) is 18.8 Å². The van der Waals surface area contributed by atoms with Gasteiger partial charge in [-0.1, -0.05) is 64.5 Å². The Morgan fingerprint density at radius 2 is 1.65 bits per heavy atom. The number of hydrogen-bond acceptors (Lipinski definition) is 2. The van der Waals surface area contributed by atoms with Crippen LogP contribution in [0.15, 0.2) is 59.1 Å². The van der Waals surface area contributed by atoms with Gasteiger partial charge in [0, 0.05) is 43.1 Å². The van der Waals surface area contributed by atoms with E-state index in [1.807, 2.05) is 6.07 Å². The molecule has 1 heterocycles. The molecule has 0 radical (unpaired) electrons. The molecule has 1 aliphatic carbocycles. The molecule has 3 nitrogen and oxygen atoms in total. The van der Waals surface area contributed by atoms with Gasteiger partial charge in [0.1, 0.15) is 0 Å². The van der Waals surface area contributed by atoms with Gasteiger partial charge in [0.25, 0.3) is 0 Å². The molecule has 136 valence electrons. The summed E-state index contributed by atoms with van der Waals surface area (Å²) in [5.41, 5.74) is 2.67. The zero-order valence-electron chi connectivity index (χ0n) is 15.0. The third-order valence-electron chi connectivity index (χ3n) is 5.66. The Morgan fingerprint density at radius 1 is 0.962 bits per heavy atom.